The Bertz CT molecular complexity index is 627. The molecule has 0 amide bonds. The van der Waals surface area contributed by atoms with E-state index in [4.69, 9.17) is 15.2 Å². The summed E-state index contributed by atoms with van der Waals surface area (Å²) in [7, 11) is 1.51. The van der Waals surface area contributed by atoms with Gasteiger partial charge < -0.3 is 15.2 Å². The Morgan fingerprint density at radius 1 is 1.05 bits per heavy atom. The van der Waals surface area contributed by atoms with Crippen molar-refractivity contribution in [1.82, 2.24) is 0 Å². The first-order valence-corrected chi connectivity index (χ1v) is 6.13. The monoisotopic (exact) mass is 297 g/mol. The molecule has 0 saturated carbocycles. The Hall–Kier alpha value is -2.37. The molecule has 112 valence electrons. The lowest BCUT2D eigenvalue weighted by atomic mass is 10.1. The molecule has 0 aliphatic heterocycles. The molecule has 3 nitrogen and oxygen atoms in total. The van der Waals surface area contributed by atoms with Crippen LogP contribution in [0.15, 0.2) is 42.5 Å². The molecule has 0 fully saturated rings. The Kier molecular flexibility index (Phi) is 4.26. The highest BCUT2D eigenvalue weighted by atomic mass is 19.4. The van der Waals surface area contributed by atoms with Crippen LogP contribution < -0.4 is 15.2 Å². The van der Waals surface area contributed by atoms with Crippen LogP contribution in [-0.2, 0) is 12.8 Å². The number of halogens is 3. The van der Waals surface area contributed by atoms with Crippen molar-refractivity contribution >= 4 is 5.69 Å². The summed E-state index contributed by atoms with van der Waals surface area (Å²) in [4.78, 5) is 0. The van der Waals surface area contributed by atoms with E-state index in [1.165, 1.54) is 13.2 Å². The van der Waals surface area contributed by atoms with E-state index in [1.54, 1.807) is 24.3 Å². The van der Waals surface area contributed by atoms with Crippen molar-refractivity contribution in [3.05, 3.63) is 53.6 Å². The van der Waals surface area contributed by atoms with E-state index in [0.29, 0.717) is 17.1 Å². The van der Waals surface area contributed by atoms with E-state index >= 15 is 0 Å². The Balaban J connectivity index is 2.14. The van der Waals surface area contributed by atoms with E-state index in [2.05, 4.69) is 0 Å². The first-order valence-electron chi connectivity index (χ1n) is 6.13. The molecule has 0 saturated heterocycles. The molecule has 0 unspecified atom stereocenters. The number of methoxy groups -OCH3 is 1. The third-order valence-corrected chi connectivity index (χ3v) is 2.93. The average molecular weight is 297 g/mol. The molecule has 0 aliphatic rings. The van der Waals surface area contributed by atoms with Crippen LogP contribution in [0.1, 0.15) is 11.1 Å². The molecule has 21 heavy (non-hydrogen) atoms. The van der Waals surface area contributed by atoms with Crippen molar-refractivity contribution in [2.45, 2.75) is 12.8 Å². The highest BCUT2D eigenvalue weighted by Crippen LogP contribution is 2.32. The summed E-state index contributed by atoms with van der Waals surface area (Å²) < 4.78 is 48.3. The molecule has 0 heterocycles. The van der Waals surface area contributed by atoms with Gasteiger partial charge in [-0.05, 0) is 24.3 Å². The number of anilines is 1. The van der Waals surface area contributed by atoms with Crippen LogP contribution in [0.25, 0.3) is 0 Å². The van der Waals surface area contributed by atoms with Gasteiger partial charge in [0.2, 0.25) is 0 Å². The predicted octanol–water partition coefficient (Wildman–Crippen LogP) is 3.88. The van der Waals surface area contributed by atoms with Gasteiger partial charge in [-0.2, -0.15) is 13.2 Å². The number of ether oxygens (including phenoxy) is 2. The summed E-state index contributed by atoms with van der Waals surface area (Å²) in [5.74, 6) is 1.04. The fraction of sp³-hybridized carbons (Fsp3) is 0.200. The summed E-state index contributed by atoms with van der Waals surface area (Å²) >= 11 is 0. The normalized spacial score (nSPS) is 11.2. The third kappa shape index (κ3) is 3.59. The van der Waals surface area contributed by atoms with Gasteiger partial charge in [0.15, 0.2) is 11.5 Å². The van der Waals surface area contributed by atoms with Gasteiger partial charge in [0.05, 0.1) is 12.7 Å². The van der Waals surface area contributed by atoms with Crippen LogP contribution in [0, 0.1) is 0 Å². The van der Waals surface area contributed by atoms with Crippen molar-refractivity contribution in [3.63, 3.8) is 0 Å². The maximum absolute atomic E-state index is 12.5. The number of benzene rings is 2. The SMILES string of the molecule is COc1ccccc1OCc1ccc(C(F)(F)F)cc1N. The standard InChI is InChI=1S/C15H14F3NO2/c1-20-13-4-2-3-5-14(13)21-9-10-6-7-11(8-12(10)19)15(16,17)18/h2-8H,9,19H2,1H3. The quantitative estimate of drug-likeness (QED) is 0.871. The molecule has 0 atom stereocenters. The topological polar surface area (TPSA) is 44.5 Å². The minimum atomic E-state index is -4.41. The average Bonchev–Trinajstić information content (AvgIpc) is 2.45. The summed E-state index contributed by atoms with van der Waals surface area (Å²) in [6.07, 6.45) is -4.41. The minimum Gasteiger partial charge on any atom is -0.493 e. The van der Waals surface area contributed by atoms with Crippen molar-refractivity contribution < 1.29 is 22.6 Å². The van der Waals surface area contributed by atoms with Crippen LogP contribution in [0.2, 0.25) is 0 Å². The van der Waals surface area contributed by atoms with Crippen molar-refractivity contribution in [2.75, 3.05) is 12.8 Å². The third-order valence-electron chi connectivity index (χ3n) is 2.93. The van der Waals surface area contributed by atoms with E-state index in [9.17, 15) is 13.2 Å². The van der Waals surface area contributed by atoms with E-state index in [1.807, 2.05) is 0 Å². The zero-order valence-electron chi connectivity index (χ0n) is 11.3. The van der Waals surface area contributed by atoms with E-state index in [-0.39, 0.29) is 12.3 Å². The smallest absolute Gasteiger partial charge is 0.416 e. The number of nitrogens with two attached hydrogens (primary N) is 1. The largest absolute Gasteiger partial charge is 0.493 e. The van der Waals surface area contributed by atoms with Crippen LogP contribution >= 0.6 is 0 Å². The van der Waals surface area contributed by atoms with Gasteiger partial charge in [0.1, 0.15) is 6.61 Å². The maximum Gasteiger partial charge on any atom is 0.416 e. The molecule has 0 aromatic heterocycles. The zero-order chi connectivity index (χ0) is 15.5. The summed E-state index contributed by atoms with van der Waals surface area (Å²) in [6, 6.07) is 10.2. The fourth-order valence-electron chi connectivity index (χ4n) is 1.80. The summed E-state index contributed by atoms with van der Waals surface area (Å²) in [6.45, 7) is 0.0599. The van der Waals surface area contributed by atoms with Crippen LogP contribution in [0.5, 0.6) is 11.5 Å². The minimum absolute atomic E-state index is 0.0414. The first-order chi connectivity index (χ1) is 9.91. The van der Waals surface area contributed by atoms with Crippen LogP contribution in [-0.4, -0.2) is 7.11 Å². The van der Waals surface area contributed by atoms with Crippen molar-refractivity contribution in [2.24, 2.45) is 0 Å². The number of hydrogen-bond acceptors (Lipinski definition) is 3. The number of para-hydroxylation sites is 2. The highest BCUT2D eigenvalue weighted by Gasteiger charge is 2.30. The maximum atomic E-state index is 12.5. The molecule has 0 aliphatic carbocycles. The Labute approximate surface area is 120 Å². The Morgan fingerprint density at radius 3 is 2.29 bits per heavy atom. The fourth-order valence-corrected chi connectivity index (χ4v) is 1.80. The molecule has 2 aromatic rings. The molecular formula is C15H14F3NO2. The van der Waals surface area contributed by atoms with Crippen LogP contribution in [0.4, 0.5) is 18.9 Å². The molecule has 0 radical (unpaired) electrons. The summed E-state index contributed by atoms with van der Waals surface area (Å²) in [5.41, 5.74) is 5.39. The summed E-state index contributed by atoms with van der Waals surface area (Å²) in [5, 5.41) is 0. The van der Waals surface area contributed by atoms with Crippen molar-refractivity contribution in [3.8, 4) is 11.5 Å². The number of rotatable bonds is 4. The molecule has 2 N–H and O–H groups in total. The Morgan fingerprint density at radius 2 is 1.71 bits per heavy atom. The second-order valence-corrected chi connectivity index (χ2v) is 4.35. The number of alkyl halides is 3. The van der Waals surface area contributed by atoms with Gasteiger partial charge in [-0.1, -0.05) is 18.2 Å². The molecule has 2 aromatic carbocycles. The number of hydrogen-bond donors (Lipinski definition) is 1. The first kappa shape index (κ1) is 15.0. The highest BCUT2D eigenvalue weighted by molar-refractivity contribution is 5.50. The van der Waals surface area contributed by atoms with Crippen LogP contribution in [0.3, 0.4) is 0 Å². The lowest BCUT2D eigenvalue weighted by Gasteiger charge is -2.13. The van der Waals surface area contributed by atoms with E-state index < -0.39 is 11.7 Å². The molecule has 2 rings (SSSR count). The molecule has 6 heteroatoms. The van der Waals surface area contributed by atoms with E-state index in [0.717, 1.165) is 12.1 Å². The molecule has 0 spiro atoms. The van der Waals surface area contributed by atoms with Gasteiger partial charge in [-0.3, -0.25) is 0 Å². The van der Waals surface area contributed by atoms with Gasteiger partial charge in [0.25, 0.3) is 0 Å². The van der Waals surface area contributed by atoms with Gasteiger partial charge in [-0.25, -0.2) is 0 Å². The second kappa shape index (κ2) is 5.95. The van der Waals surface area contributed by atoms with Gasteiger partial charge >= 0.3 is 6.18 Å². The molecule has 0 bridgehead atoms. The second-order valence-electron chi connectivity index (χ2n) is 4.35. The molecular weight excluding hydrogens is 283 g/mol. The number of nitrogen functional groups attached to an aromatic ring is 1. The lowest BCUT2D eigenvalue weighted by molar-refractivity contribution is -0.137. The zero-order valence-corrected chi connectivity index (χ0v) is 11.3. The van der Waals surface area contributed by atoms with Gasteiger partial charge in [0, 0.05) is 11.3 Å². The van der Waals surface area contributed by atoms with Crippen molar-refractivity contribution in [1.29, 1.82) is 0 Å². The van der Waals surface area contributed by atoms with Gasteiger partial charge in [-0.15, -0.1) is 0 Å². The predicted molar refractivity (Wildman–Crippen MR) is 73.2 cm³/mol. The lowest BCUT2D eigenvalue weighted by Crippen LogP contribution is -2.08.